The van der Waals surface area contributed by atoms with Crippen LogP contribution in [0.15, 0.2) is 24.3 Å². The number of carbonyl (C=O) groups is 2. The van der Waals surface area contributed by atoms with Gasteiger partial charge in [0.25, 0.3) is 5.91 Å². The standard InChI is InChI=1S/C14H19ClN2O3/c1-14(2,9-18)17(3)12(19)8-16-13(20)10-5-4-6-11(15)7-10/h4-7,18H,8-9H2,1-3H3,(H,16,20). The Hall–Kier alpha value is -1.59. The van der Waals surface area contributed by atoms with E-state index < -0.39 is 5.54 Å². The number of hydrogen-bond acceptors (Lipinski definition) is 3. The van der Waals surface area contributed by atoms with E-state index in [1.165, 1.54) is 11.0 Å². The van der Waals surface area contributed by atoms with E-state index in [1.807, 2.05) is 0 Å². The van der Waals surface area contributed by atoms with Crippen molar-refractivity contribution in [1.29, 1.82) is 0 Å². The molecule has 6 heteroatoms. The fraction of sp³-hybridized carbons (Fsp3) is 0.429. The summed E-state index contributed by atoms with van der Waals surface area (Å²) >= 11 is 5.80. The molecule has 20 heavy (non-hydrogen) atoms. The van der Waals surface area contributed by atoms with Gasteiger partial charge < -0.3 is 15.3 Å². The molecule has 0 heterocycles. The molecule has 0 saturated heterocycles. The Morgan fingerprint density at radius 2 is 2.05 bits per heavy atom. The molecule has 0 atom stereocenters. The zero-order chi connectivity index (χ0) is 15.3. The number of halogens is 1. The van der Waals surface area contributed by atoms with Crippen LogP contribution in [0.5, 0.6) is 0 Å². The fourth-order valence-electron chi connectivity index (χ4n) is 1.45. The van der Waals surface area contributed by atoms with E-state index in [-0.39, 0.29) is 25.0 Å². The minimum atomic E-state index is -0.669. The smallest absolute Gasteiger partial charge is 0.251 e. The van der Waals surface area contributed by atoms with Gasteiger partial charge in [-0.2, -0.15) is 0 Å². The molecule has 110 valence electrons. The van der Waals surface area contributed by atoms with Crippen molar-refractivity contribution in [3.8, 4) is 0 Å². The molecule has 5 nitrogen and oxygen atoms in total. The number of likely N-dealkylation sites (N-methyl/N-ethyl adjacent to an activating group) is 1. The molecule has 0 unspecified atom stereocenters. The van der Waals surface area contributed by atoms with Crippen molar-refractivity contribution in [2.24, 2.45) is 0 Å². The van der Waals surface area contributed by atoms with Crippen molar-refractivity contribution < 1.29 is 14.7 Å². The summed E-state index contributed by atoms with van der Waals surface area (Å²) < 4.78 is 0. The lowest BCUT2D eigenvalue weighted by Gasteiger charge is -2.33. The summed E-state index contributed by atoms with van der Waals surface area (Å²) in [5.41, 5.74) is -0.271. The molecule has 0 bridgehead atoms. The van der Waals surface area contributed by atoms with E-state index in [0.29, 0.717) is 10.6 Å². The quantitative estimate of drug-likeness (QED) is 0.861. The summed E-state index contributed by atoms with van der Waals surface area (Å²) in [7, 11) is 1.59. The van der Waals surface area contributed by atoms with Gasteiger partial charge in [0.1, 0.15) is 0 Å². The maximum absolute atomic E-state index is 11.9. The van der Waals surface area contributed by atoms with Gasteiger partial charge in [-0.1, -0.05) is 17.7 Å². The molecule has 2 N–H and O–H groups in total. The summed E-state index contributed by atoms with van der Waals surface area (Å²) in [4.78, 5) is 25.2. The van der Waals surface area contributed by atoms with E-state index in [9.17, 15) is 14.7 Å². The first-order valence-corrected chi connectivity index (χ1v) is 6.57. The molecule has 0 aromatic heterocycles. The fourth-order valence-corrected chi connectivity index (χ4v) is 1.64. The second-order valence-corrected chi connectivity index (χ2v) is 5.55. The molecule has 1 aromatic carbocycles. The van der Waals surface area contributed by atoms with Crippen LogP contribution >= 0.6 is 11.6 Å². The van der Waals surface area contributed by atoms with Gasteiger partial charge in [-0.15, -0.1) is 0 Å². The third-order valence-electron chi connectivity index (χ3n) is 3.16. The number of aliphatic hydroxyl groups excluding tert-OH is 1. The van der Waals surface area contributed by atoms with Crippen LogP contribution in [0.4, 0.5) is 0 Å². The van der Waals surface area contributed by atoms with E-state index in [0.717, 1.165) is 0 Å². The molecular weight excluding hydrogens is 280 g/mol. The van der Waals surface area contributed by atoms with E-state index in [1.54, 1.807) is 39.1 Å². The Labute approximate surface area is 123 Å². The highest BCUT2D eigenvalue weighted by molar-refractivity contribution is 6.30. The Bertz CT molecular complexity index is 503. The number of benzene rings is 1. The molecule has 0 aliphatic rings. The summed E-state index contributed by atoms with van der Waals surface area (Å²) in [6.07, 6.45) is 0. The van der Waals surface area contributed by atoms with Crippen LogP contribution in [0.3, 0.4) is 0 Å². The molecule has 0 spiro atoms. The first-order chi connectivity index (χ1) is 9.27. The van der Waals surface area contributed by atoms with Gasteiger partial charge in [0.15, 0.2) is 0 Å². The average Bonchev–Trinajstić information content (AvgIpc) is 2.43. The van der Waals surface area contributed by atoms with E-state index in [4.69, 9.17) is 11.6 Å². The maximum Gasteiger partial charge on any atom is 0.251 e. The summed E-state index contributed by atoms with van der Waals surface area (Å²) in [6, 6.07) is 6.48. The minimum Gasteiger partial charge on any atom is -0.394 e. The second-order valence-electron chi connectivity index (χ2n) is 5.12. The maximum atomic E-state index is 11.9. The molecule has 0 aliphatic heterocycles. The van der Waals surface area contributed by atoms with Gasteiger partial charge in [0.05, 0.1) is 18.7 Å². The average molecular weight is 299 g/mol. The largest absolute Gasteiger partial charge is 0.394 e. The monoisotopic (exact) mass is 298 g/mol. The van der Waals surface area contributed by atoms with Crippen molar-refractivity contribution in [2.45, 2.75) is 19.4 Å². The number of aliphatic hydroxyl groups is 1. The summed E-state index contributed by atoms with van der Waals surface area (Å²) in [5, 5.41) is 12.2. The Kier molecular flexibility index (Phi) is 5.53. The van der Waals surface area contributed by atoms with Gasteiger partial charge in [0.2, 0.25) is 5.91 Å². The Morgan fingerprint density at radius 3 is 2.60 bits per heavy atom. The number of amides is 2. The predicted molar refractivity (Wildman–Crippen MR) is 77.7 cm³/mol. The number of carbonyl (C=O) groups excluding carboxylic acids is 2. The first-order valence-electron chi connectivity index (χ1n) is 6.19. The van der Waals surface area contributed by atoms with E-state index in [2.05, 4.69) is 5.32 Å². The van der Waals surface area contributed by atoms with Crippen molar-refractivity contribution >= 4 is 23.4 Å². The van der Waals surface area contributed by atoms with Crippen LogP contribution in [0.25, 0.3) is 0 Å². The molecule has 0 fully saturated rings. The first kappa shape index (κ1) is 16.5. The molecule has 0 aliphatic carbocycles. The zero-order valence-electron chi connectivity index (χ0n) is 11.8. The highest BCUT2D eigenvalue weighted by Gasteiger charge is 2.26. The topological polar surface area (TPSA) is 69.6 Å². The molecule has 2 amide bonds. The number of hydrogen-bond donors (Lipinski definition) is 2. The van der Waals surface area contributed by atoms with Crippen LogP contribution < -0.4 is 5.32 Å². The van der Waals surface area contributed by atoms with Gasteiger partial charge in [0, 0.05) is 17.6 Å². The molecule has 0 saturated carbocycles. The van der Waals surface area contributed by atoms with Crippen LogP contribution in [0.1, 0.15) is 24.2 Å². The number of rotatable bonds is 5. The lowest BCUT2D eigenvalue weighted by molar-refractivity contribution is -0.134. The molecular formula is C14H19ClN2O3. The highest BCUT2D eigenvalue weighted by atomic mass is 35.5. The lowest BCUT2D eigenvalue weighted by Crippen LogP contribution is -2.50. The highest BCUT2D eigenvalue weighted by Crippen LogP contribution is 2.12. The third kappa shape index (κ3) is 4.21. The van der Waals surface area contributed by atoms with Crippen molar-refractivity contribution in [1.82, 2.24) is 10.2 Å². The number of nitrogens with zero attached hydrogens (tertiary/aromatic N) is 1. The van der Waals surface area contributed by atoms with Crippen LogP contribution in [-0.2, 0) is 4.79 Å². The Morgan fingerprint density at radius 1 is 1.40 bits per heavy atom. The van der Waals surface area contributed by atoms with Gasteiger partial charge in [-0.25, -0.2) is 0 Å². The Balaban J connectivity index is 2.59. The second kappa shape index (κ2) is 6.72. The normalized spacial score (nSPS) is 11.1. The number of nitrogens with one attached hydrogen (secondary N) is 1. The van der Waals surface area contributed by atoms with Gasteiger partial charge in [-0.05, 0) is 32.0 Å². The van der Waals surface area contributed by atoms with Crippen molar-refractivity contribution in [2.75, 3.05) is 20.2 Å². The lowest BCUT2D eigenvalue weighted by atomic mass is 10.1. The summed E-state index contributed by atoms with van der Waals surface area (Å²) in [6.45, 7) is 3.19. The predicted octanol–water partition coefficient (Wildman–Crippen LogP) is 1.30. The molecule has 1 aromatic rings. The van der Waals surface area contributed by atoms with Crippen LogP contribution in [-0.4, -0.2) is 47.6 Å². The van der Waals surface area contributed by atoms with Crippen LogP contribution in [0, 0.1) is 0 Å². The minimum absolute atomic E-state index is 0.134. The third-order valence-corrected chi connectivity index (χ3v) is 3.39. The molecule has 0 radical (unpaired) electrons. The van der Waals surface area contributed by atoms with Gasteiger partial charge >= 0.3 is 0 Å². The van der Waals surface area contributed by atoms with Crippen molar-refractivity contribution in [3.05, 3.63) is 34.9 Å². The molecule has 1 rings (SSSR count). The summed E-state index contributed by atoms with van der Waals surface area (Å²) in [5.74, 6) is -0.643. The zero-order valence-corrected chi connectivity index (χ0v) is 12.6. The van der Waals surface area contributed by atoms with Gasteiger partial charge in [-0.3, -0.25) is 9.59 Å². The van der Waals surface area contributed by atoms with E-state index >= 15 is 0 Å². The van der Waals surface area contributed by atoms with Crippen molar-refractivity contribution in [3.63, 3.8) is 0 Å². The van der Waals surface area contributed by atoms with Crippen LogP contribution in [0.2, 0.25) is 5.02 Å². The SMILES string of the molecule is CN(C(=O)CNC(=O)c1cccc(Cl)c1)C(C)(C)CO.